The van der Waals surface area contributed by atoms with Gasteiger partial charge in [-0.1, -0.05) is 11.6 Å². The van der Waals surface area contributed by atoms with Gasteiger partial charge in [-0.05, 0) is 18.2 Å². The van der Waals surface area contributed by atoms with Crippen molar-refractivity contribution >= 4 is 33.4 Å². The fourth-order valence-corrected chi connectivity index (χ4v) is 2.21. The van der Waals surface area contributed by atoms with Gasteiger partial charge < -0.3 is 9.72 Å². The number of methoxy groups -OCH3 is 1. The molecule has 0 unspecified atom stereocenters. The normalized spacial score (nSPS) is 11.1. The molecule has 0 radical (unpaired) electrons. The molecule has 3 rings (SSSR count). The predicted molar refractivity (Wildman–Crippen MR) is 65.2 cm³/mol. The first-order valence-corrected chi connectivity index (χ1v) is 5.27. The SMILES string of the molecule is COc1ccc2c([nH]c3cnccc32)c1Cl. The van der Waals surface area contributed by atoms with Gasteiger partial charge in [-0.25, -0.2) is 0 Å². The monoisotopic (exact) mass is 232 g/mol. The minimum atomic E-state index is 0.608. The Labute approximate surface area is 97.0 Å². The number of nitrogens with zero attached hydrogens (tertiary/aromatic N) is 1. The number of pyridine rings is 1. The van der Waals surface area contributed by atoms with Gasteiger partial charge in [-0.15, -0.1) is 0 Å². The summed E-state index contributed by atoms with van der Waals surface area (Å²) in [4.78, 5) is 7.32. The minimum Gasteiger partial charge on any atom is -0.495 e. The van der Waals surface area contributed by atoms with Crippen LogP contribution in [0.25, 0.3) is 21.8 Å². The lowest BCUT2D eigenvalue weighted by Gasteiger charge is -2.02. The molecule has 0 aliphatic heterocycles. The number of fused-ring (bicyclic) bond motifs is 3. The molecule has 0 spiro atoms. The summed E-state index contributed by atoms with van der Waals surface area (Å²) < 4.78 is 5.18. The number of H-pyrrole nitrogens is 1. The van der Waals surface area contributed by atoms with Gasteiger partial charge in [-0.2, -0.15) is 0 Å². The smallest absolute Gasteiger partial charge is 0.139 e. The average Bonchev–Trinajstić information content (AvgIpc) is 2.69. The molecule has 80 valence electrons. The number of halogens is 1. The van der Waals surface area contributed by atoms with E-state index >= 15 is 0 Å². The van der Waals surface area contributed by atoms with E-state index in [0.717, 1.165) is 21.8 Å². The van der Waals surface area contributed by atoms with Crippen molar-refractivity contribution in [2.24, 2.45) is 0 Å². The minimum absolute atomic E-state index is 0.608. The fraction of sp³-hybridized carbons (Fsp3) is 0.0833. The van der Waals surface area contributed by atoms with Crippen molar-refractivity contribution < 1.29 is 4.74 Å². The molecule has 0 atom stereocenters. The number of hydrogen-bond acceptors (Lipinski definition) is 2. The maximum absolute atomic E-state index is 6.24. The molecule has 2 aromatic heterocycles. The van der Waals surface area contributed by atoms with E-state index in [1.807, 2.05) is 18.2 Å². The fourth-order valence-electron chi connectivity index (χ4n) is 1.92. The Balaban J connectivity index is 2.49. The second-order valence-corrected chi connectivity index (χ2v) is 3.93. The highest BCUT2D eigenvalue weighted by molar-refractivity contribution is 6.37. The first kappa shape index (κ1) is 9.48. The highest BCUT2D eigenvalue weighted by Crippen LogP contribution is 2.35. The number of rotatable bonds is 1. The van der Waals surface area contributed by atoms with Gasteiger partial charge >= 0.3 is 0 Å². The second kappa shape index (κ2) is 3.39. The molecule has 0 bridgehead atoms. The van der Waals surface area contributed by atoms with Crippen LogP contribution in [0.5, 0.6) is 5.75 Å². The number of aromatic amines is 1. The first-order chi connectivity index (χ1) is 7.81. The van der Waals surface area contributed by atoms with E-state index in [-0.39, 0.29) is 0 Å². The lowest BCUT2D eigenvalue weighted by molar-refractivity contribution is 0.415. The zero-order valence-corrected chi connectivity index (χ0v) is 9.38. The second-order valence-electron chi connectivity index (χ2n) is 3.55. The van der Waals surface area contributed by atoms with E-state index in [0.29, 0.717) is 10.8 Å². The van der Waals surface area contributed by atoms with Crippen molar-refractivity contribution in [2.75, 3.05) is 7.11 Å². The van der Waals surface area contributed by atoms with E-state index in [1.54, 1.807) is 19.5 Å². The summed E-state index contributed by atoms with van der Waals surface area (Å²) >= 11 is 6.24. The van der Waals surface area contributed by atoms with Crippen LogP contribution in [0.1, 0.15) is 0 Å². The Kier molecular flexibility index (Phi) is 2.01. The topological polar surface area (TPSA) is 37.9 Å². The van der Waals surface area contributed by atoms with Gasteiger partial charge in [0.25, 0.3) is 0 Å². The summed E-state index contributed by atoms with van der Waals surface area (Å²) in [6, 6.07) is 5.84. The van der Waals surface area contributed by atoms with Crippen molar-refractivity contribution in [1.82, 2.24) is 9.97 Å². The van der Waals surface area contributed by atoms with Crippen LogP contribution in [-0.4, -0.2) is 17.1 Å². The van der Waals surface area contributed by atoms with Gasteiger partial charge in [0.1, 0.15) is 10.8 Å². The van der Waals surface area contributed by atoms with Crippen molar-refractivity contribution in [1.29, 1.82) is 0 Å². The molecule has 0 saturated heterocycles. The third-order valence-electron chi connectivity index (χ3n) is 2.70. The Morgan fingerprint density at radius 3 is 2.94 bits per heavy atom. The number of nitrogens with one attached hydrogen (secondary N) is 1. The molecule has 0 fully saturated rings. The molecule has 2 heterocycles. The predicted octanol–water partition coefficient (Wildman–Crippen LogP) is 3.38. The molecule has 0 aliphatic rings. The van der Waals surface area contributed by atoms with Crippen LogP contribution in [0, 0.1) is 0 Å². The summed E-state index contributed by atoms with van der Waals surface area (Å²) in [6.07, 6.45) is 3.56. The maximum atomic E-state index is 6.24. The number of benzene rings is 1. The maximum Gasteiger partial charge on any atom is 0.139 e. The molecule has 0 saturated carbocycles. The molecule has 3 aromatic rings. The van der Waals surface area contributed by atoms with Crippen LogP contribution in [-0.2, 0) is 0 Å². The van der Waals surface area contributed by atoms with Crippen LogP contribution in [0.2, 0.25) is 5.02 Å². The zero-order chi connectivity index (χ0) is 11.1. The summed E-state index contributed by atoms with van der Waals surface area (Å²) in [5, 5.41) is 2.81. The van der Waals surface area contributed by atoms with Crippen LogP contribution in [0.15, 0.2) is 30.6 Å². The first-order valence-electron chi connectivity index (χ1n) is 4.89. The molecule has 3 nitrogen and oxygen atoms in total. The van der Waals surface area contributed by atoms with E-state index in [1.165, 1.54) is 0 Å². The Morgan fingerprint density at radius 1 is 1.25 bits per heavy atom. The molecule has 0 amide bonds. The Bertz CT molecular complexity index is 675. The molecule has 1 aromatic carbocycles. The van der Waals surface area contributed by atoms with Crippen molar-refractivity contribution in [3.05, 3.63) is 35.6 Å². The number of aromatic nitrogens is 2. The lowest BCUT2D eigenvalue weighted by atomic mass is 10.2. The Hall–Kier alpha value is -1.74. The molecule has 16 heavy (non-hydrogen) atoms. The molecule has 1 N–H and O–H groups in total. The summed E-state index contributed by atoms with van der Waals surface area (Å²) in [5.74, 6) is 0.675. The van der Waals surface area contributed by atoms with Gasteiger partial charge in [0.05, 0.1) is 24.3 Å². The molecule has 4 heteroatoms. The van der Waals surface area contributed by atoms with E-state index in [4.69, 9.17) is 16.3 Å². The molecular formula is C12H9ClN2O. The highest BCUT2D eigenvalue weighted by atomic mass is 35.5. The summed E-state index contributed by atoms with van der Waals surface area (Å²) in [6.45, 7) is 0. The van der Waals surface area contributed by atoms with Crippen molar-refractivity contribution in [3.8, 4) is 5.75 Å². The van der Waals surface area contributed by atoms with Crippen LogP contribution in [0.3, 0.4) is 0 Å². The third kappa shape index (κ3) is 1.18. The molecular weight excluding hydrogens is 224 g/mol. The van der Waals surface area contributed by atoms with Crippen molar-refractivity contribution in [2.45, 2.75) is 0 Å². The van der Waals surface area contributed by atoms with Crippen molar-refractivity contribution in [3.63, 3.8) is 0 Å². The van der Waals surface area contributed by atoms with Gasteiger partial charge in [-0.3, -0.25) is 4.98 Å². The van der Waals surface area contributed by atoms with Crippen LogP contribution in [0.4, 0.5) is 0 Å². The van der Waals surface area contributed by atoms with Gasteiger partial charge in [0.2, 0.25) is 0 Å². The van der Waals surface area contributed by atoms with Crippen LogP contribution < -0.4 is 4.74 Å². The largest absolute Gasteiger partial charge is 0.495 e. The lowest BCUT2D eigenvalue weighted by Crippen LogP contribution is -1.83. The summed E-state index contributed by atoms with van der Waals surface area (Å²) in [5.41, 5.74) is 1.87. The number of hydrogen-bond donors (Lipinski definition) is 1. The van der Waals surface area contributed by atoms with Crippen LogP contribution >= 0.6 is 11.6 Å². The number of ether oxygens (including phenoxy) is 1. The zero-order valence-electron chi connectivity index (χ0n) is 8.62. The summed E-state index contributed by atoms with van der Waals surface area (Å²) in [7, 11) is 1.61. The Morgan fingerprint density at radius 2 is 2.12 bits per heavy atom. The van der Waals surface area contributed by atoms with Gasteiger partial charge in [0.15, 0.2) is 0 Å². The van der Waals surface area contributed by atoms with Gasteiger partial charge in [0, 0.05) is 17.0 Å². The van der Waals surface area contributed by atoms with E-state index in [2.05, 4.69) is 9.97 Å². The highest BCUT2D eigenvalue weighted by Gasteiger charge is 2.10. The quantitative estimate of drug-likeness (QED) is 0.699. The standard InChI is InChI=1S/C12H9ClN2O/c1-16-10-3-2-8-7-4-5-14-6-9(7)15-12(8)11(10)13/h2-6,15H,1H3. The van der Waals surface area contributed by atoms with E-state index < -0.39 is 0 Å². The molecule has 0 aliphatic carbocycles. The third-order valence-corrected chi connectivity index (χ3v) is 3.07. The van der Waals surface area contributed by atoms with E-state index in [9.17, 15) is 0 Å². The average molecular weight is 233 g/mol.